The summed E-state index contributed by atoms with van der Waals surface area (Å²) in [5.74, 6) is 0.133. The number of fused-ring (bicyclic) bond motifs is 2. The fraction of sp³-hybridized carbons (Fsp3) is 0.368. The largest absolute Gasteiger partial charge is 0.459 e. The molecule has 7 heteroatoms. The van der Waals surface area contributed by atoms with Gasteiger partial charge < -0.3 is 14.6 Å². The molecule has 1 atom stereocenters. The highest BCUT2D eigenvalue weighted by Crippen LogP contribution is 2.30. The minimum Gasteiger partial charge on any atom is -0.459 e. The number of furan rings is 1. The number of hydrogen-bond acceptors (Lipinski definition) is 5. The Kier molecular flexibility index (Phi) is 4.28. The first kappa shape index (κ1) is 17.2. The maximum Gasteiger partial charge on any atom is 0.280 e. The van der Waals surface area contributed by atoms with E-state index < -0.39 is 0 Å². The number of aryl methyl sites for hydroxylation is 1. The van der Waals surface area contributed by atoms with Crippen LogP contribution in [0.2, 0.25) is 0 Å². The van der Waals surface area contributed by atoms with Crippen LogP contribution < -0.4 is 5.32 Å². The molecule has 1 aromatic carbocycles. The van der Waals surface area contributed by atoms with Crippen LogP contribution in [-0.4, -0.2) is 29.4 Å². The summed E-state index contributed by atoms with van der Waals surface area (Å²) < 4.78 is 19.3. The lowest BCUT2D eigenvalue weighted by Crippen LogP contribution is -2.27. The lowest BCUT2D eigenvalue weighted by molar-refractivity contribution is 0.0935. The molecule has 0 spiro atoms. The average molecular weight is 373 g/mol. The Morgan fingerprint density at radius 1 is 1.46 bits per heavy atom. The van der Waals surface area contributed by atoms with Gasteiger partial charge in [-0.05, 0) is 39.1 Å². The van der Waals surface area contributed by atoms with E-state index in [1.54, 1.807) is 6.07 Å². The van der Waals surface area contributed by atoms with Crippen LogP contribution >= 0.6 is 11.3 Å². The van der Waals surface area contributed by atoms with Crippen molar-refractivity contribution < 1.29 is 13.6 Å². The van der Waals surface area contributed by atoms with Gasteiger partial charge in [-0.15, -0.1) is 11.3 Å². The molecule has 2 aromatic heterocycles. The van der Waals surface area contributed by atoms with Crippen molar-refractivity contribution in [1.82, 2.24) is 15.2 Å². The first-order valence-corrected chi connectivity index (χ1v) is 9.40. The third-order valence-corrected chi connectivity index (χ3v) is 5.87. The van der Waals surface area contributed by atoms with Gasteiger partial charge in [0.05, 0.1) is 11.7 Å². The molecule has 1 aliphatic heterocycles. The SMILES string of the molecule is Cc1c(C(C)NC(=O)c2nc3c(s2)CN(C)CC3)oc2ccc(F)cc12. The van der Waals surface area contributed by atoms with Gasteiger partial charge in [-0.25, -0.2) is 9.37 Å². The molecule has 1 amide bonds. The number of thiazole rings is 1. The molecule has 136 valence electrons. The summed E-state index contributed by atoms with van der Waals surface area (Å²) in [6.07, 6.45) is 0.874. The molecular weight excluding hydrogens is 353 g/mol. The van der Waals surface area contributed by atoms with Crippen LogP contribution in [0.5, 0.6) is 0 Å². The number of nitrogens with one attached hydrogen (secondary N) is 1. The standard InChI is InChI=1S/C19H20FN3O2S/c1-10-13-8-12(20)4-5-15(13)25-17(10)11(2)21-18(24)19-22-14-6-7-23(3)9-16(14)26-19/h4-5,8,11H,6-7,9H2,1-3H3,(H,21,24). The van der Waals surface area contributed by atoms with E-state index in [0.29, 0.717) is 16.4 Å². The zero-order chi connectivity index (χ0) is 18.4. The maximum absolute atomic E-state index is 13.5. The Labute approximate surface area is 154 Å². The second kappa shape index (κ2) is 6.48. The Morgan fingerprint density at radius 2 is 2.27 bits per heavy atom. The molecule has 1 aliphatic rings. The van der Waals surface area contributed by atoms with Gasteiger partial charge in [0.1, 0.15) is 17.2 Å². The van der Waals surface area contributed by atoms with Gasteiger partial charge in [0, 0.05) is 35.3 Å². The van der Waals surface area contributed by atoms with E-state index in [9.17, 15) is 9.18 Å². The topological polar surface area (TPSA) is 58.4 Å². The molecule has 5 nitrogen and oxygen atoms in total. The fourth-order valence-electron chi connectivity index (χ4n) is 3.37. The fourth-order valence-corrected chi connectivity index (χ4v) is 4.46. The second-order valence-electron chi connectivity index (χ2n) is 6.80. The summed E-state index contributed by atoms with van der Waals surface area (Å²) in [6.45, 7) is 5.54. The van der Waals surface area contributed by atoms with Crippen molar-refractivity contribution in [2.75, 3.05) is 13.6 Å². The monoisotopic (exact) mass is 373 g/mol. The molecule has 0 bridgehead atoms. The van der Waals surface area contributed by atoms with Gasteiger partial charge in [-0.2, -0.15) is 0 Å². The lowest BCUT2D eigenvalue weighted by Gasteiger charge is -2.20. The van der Waals surface area contributed by atoms with Crippen molar-refractivity contribution in [2.24, 2.45) is 0 Å². The molecule has 26 heavy (non-hydrogen) atoms. The van der Waals surface area contributed by atoms with Crippen LogP contribution in [-0.2, 0) is 13.0 Å². The Bertz CT molecular complexity index is 994. The molecule has 1 unspecified atom stereocenters. The summed E-state index contributed by atoms with van der Waals surface area (Å²) in [5, 5.41) is 4.17. The minimum absolute atomic E-state index is 0.203. The zero-order valence-electron chi connectivity index (χ0n) is 14.9. The number of benzene rings is 1. The van der Waals surface area contributed by atoms with E-state index in [0.717, 1.165) is 41.0 Å². The van der Waals surface area contributed by atoms with Crippen molar-refractivity contribution in [2.45, 2.75) is 32.9 Å². The van der Waals surface area contributed by atoms with E-state index in [-0.39, 0.29) is 17.8 Å². The first-order valence-electron chi connectivity index (χ1n) is 8.59. The number of amides is 1. The number of carbonyl (C=O) groups excluding carboxylic acids is 1. The number of nitrogens with zero attached hydrogens (tertiary/aromatic N) is 2. The van der Waals surface area contributed by atoms with Crippen LogP contribution in [0, 0.1) is 12.7 Å². The number of aromatic nitrogens is 1. The molecule has 4 rings (SSSR count). The first-order chi connectivity index (χ1) is 12.4. The molecule has 0 fully saturated rings. The second-order valence-corrected chi connectivity index (χ2v) is 7.89. The maximum atomic E-state index is 13.5. The highest BCUT2D eigenvalue weighted by atomic mass is 32.1. The summed E-state index contributed by atoms with van der Waals surface area (Å²) >= 11 is 1.45. The number of hydrogen-bond donors (Lipinski definition) is 1. The zero-order valence-corrected chi connectivity index (χ0v) is 15.7. The quantitative estimate of drug-likeness (QED) is 0.758. The Hall–Kier alpha value is -2.25. The highest BCUT2D eigenvalue weighted by Gasteiger charge is 2.24. The van der Waals surface area contributed by atoms with Crippen LogP contribution in [0.4, 0.5) is 4.39 Å². The molecular formula is C19H20FN3O2S. The van der Waals surface area contributed by atoms with Gasteiger partial charge in [-0.1, -0.05) is 0 Å². The normalized spacial score (nSPS) is 15.8. The van der Waals surface area contributed by atoms with Crippen LogP contribution in [0.3, 0.4) is 0 Å². The molecule has 0 saturated heterocycles. The predicted octanol–water partition coefficient (Wildman–Crippen LogP) is 3.82. The lowest BCUT2D eigenvalue weighted by atomic mass is 10.1. The van der Waals surface area contributed by atoms with E-state index in [1.165, 1.54) is 23.5 Å². The third-order valence-electron chi connectivity index (χ3n) is 4.79. The van der Waals surface area contributed by atoms with Crippen LogP contribution in [0.15, 0.2) is 22.6 Å². The molecule has 0 saturated carbocycles. The number of rotatable bonds is 3. The van der Waals surface area contributed by atoms with Crippen molar-refractivity contribution >= 4 is 28.2 Å². The van der Waals surface area contributed by atoms with Gasteiger partial charge in [0.2, 0.25) is 0 Å². The van der Waals surface area contributed by atoms with Gasteiger partial charge in [0.15, 0.2) is 5.01 Å². The Morgan fingerprint density at radius 3 is 3.08 bits per heavy atom. The summed E-state index contributed by atoms with van der Waals surface area (Å²) in [4.78, 5) is 20.5. The van der Waals surface area contributed by atoms with Crippen LogP contribution in [0.1, 0.15) is 44.7 Å². The third kappa shape index (κ3) is 3.01. The molecule has 0 radical (unpaired) electrons. The molecule has 3 aromatic rings. The van der Waals surface area contributed by atoms with Crippen molar-refractivity contribution in [3.8, 4) is 0 Å². The summed E-state index contributed by atoms with van der Waals surface area (Å²) in [7, 11) is 2.07. The van der Waals surface area contributed by atoms with E-state index in [1.807, 2.05) is 13.8 Å². The average Bonchev–Trinajstić information content (AvgIpc) is 3.16. The van der Waals surface area contributed by atoms with Crippen molar-refractivity contribution in [3.63, 3.8) is 0 Å². The predicted molar refractivity (Wildman–Crippen MR) is 98.9 cm³/mol. The highest BCUT2D eigenvalue weighted by molar-refractivity contribution is 7.13. The van der Waals surface area contributed by atoms with Crippen molar-refractivity contribution in [1.29, 1.82) is 0 Å². The van der Waals surface area contributed by atoms with E-state index in [2.05, 4.69) is 22.2 Å². The number of halogens is 1. The molecule has 0 aliphatic carbocycles. The van der Waals surface area contributed by atoms with Gasteiger partial charge in [-0.3, -0.25) is 4.79 Å². The molecule has 1 N–H and O–H groups in total. The molecule has 3 heterocycles. The van der Waals surface area contributed by atoms with Gasteiger partial charge in [0.25, 0.3) is 5.91 Å². The smallest absolute Gasteiger partial charge is 0.280 e. The summed E-state index contributed by atoms with van der Waals surface area (Å²) in [5.41, 5.74) is 2.49. The number of carbonyl (C=O) groups is 1. The summed E-state index contributed by atoms with van der Waals surface area (Å²) in [6, 6.07) is 4.11. The van der Waals surface area contributed by atoms with Crippen molar-refractivity contribution in [3.05, 3.63) is 50.9 Å². The minimum atomic E-state index is -0.332. The van der Waals surface area contributed by atoms with E-state index in [4.69, 9.17) is 4.42 Å². The van der Waals surface area contributed by atoms with Gasteiger partial charge >= 0.3 is 0 Å². The Balaban J connectivity index is 1.56. The van der Waals surface area contributed by atoms with E-state index >= 15 is 0 Å². The number of likely N-dealkylation sites (N-methyl/N-ethyl adjacent to an activating group) is 1. The van der Waals surface area contributed by atoms with Crippen LogP contribution in [0.25, 0.3) is 11.0 Å².